The smallest absolute Gasteiger partial charge is 0.129 e. The van der Waals surface area contributed by atoms with Gasteiger partial charge >= 0.3 is 0 Å². The Bertz CT molecular complexity index is 629. The fourth-order valence-corrected chi connectivity index (χ4v) is 2.87. The van der Waals surface area contributed by atoms with Crippen molar-refractivity contribution in [1.82, 2.24) is 5.48 Å². The first-order valence-corrected chi connectivity index (χ1v) is 7.31. The van der Waals surface area contributed by atoms with Crippen molar-refractivity contribution < 1.29 is 9.94 Å². The summed E-state index contributed by atoms with van der Waals surface area (Å²) >= 11 is 1.72. The van der Waals surface area contributed by atoms with Crippen molar-refractivity contribution in [2.75, 3.05) is 5.75 Å². The van der Waals surface area contributed by atoms with E-state index in [4.69, 9.17) is 9.94 Å². The van der Waals surface area contributed by atoms with Crippen molar-refractivity contribution in [2.24, 2.45) is 4.99 Å². The van der Waals surface area contributed by atoms with E-state index in [-0.39, 0.29) is 0 Å². The van der Waals surface area contributed by atoms with Gasteiger partial charge in [0.2, 0.25) is 0 Å². The van der Waals surface area contributed by atoms with E-state index in [0.717, 1.165) is 27.8 Å². The number of hydrogen-bond acceptors (Lipinski definition) is 5. The van der Waals surface area contributed by atoms with Gasteiger partial charge in [-0.2, -0.15) is 0 Å². The Morgan fingerprint density at radius 3 is 2.75 bits per heavy atom. The molecule has 0 radical (unpaired) electrons. The predicted molar refractivity (Wildman–Crippen MR) is 80.3 cm³/mol. The van der Waals surface area contributed by atoms with Crippen LogP contribution in [0.15, 0.2) is 58.4 Å². The van der Waals surface area contributed by atoms with Crippen LogP contribution >= 0.6 is 11.8 Å². The molecule has 0 amide bonds. The molecule has 2 N–H and O–H groups in total. The highest BCUT2D eigenvalue weighted by molar-refractivity contribution is 7.99. The first-order chi connectivity index (χ1) is 9.85. The zero-order valence-corrected chi connectivity index (χ0v) is 11.6. The molecule has 1 heterocycles. The van der Waals surface area contributed by atoms with Gasteiger partial charge in [0, 0.05) is 23.1 Å². The van der Waals surface area contributed by atoms with Crippen LogP contribution in [0.25, 0.3) is 0 Å². The molecule has 0 saturated heterocycles. The molecule has 1 aliphatic heterocycles. The van der Waals surface area contributed by atoms with Gasteiger partial charge in [-0.25, -0.2) is 4.99 Å². The number of para-hydroxylation sites is 1. The van der Waals surface area contributed by atoms with Crippen molar-refractivity contribution in [2.45, 2.75) is 11.3 Å². The van der Waals surface area contributed by atoms with Gasteiger partial charge in [0.25, 0.3) is 0 Å². The number of rotatable bonds is 2. The number of ether oxygens (including phenoxy) is 1. The summed E-state index contributed by atoms with van der Waals surface area (Å²) in [6.45, 7) is 0. The van der Waals surface area contributed by atoms with E-state index in [1.807, 2.05) is 48.5 Å². The van der Waals surface area contributed by atoms with Crippen molar-refractivity contribution in [3.63, 3.8) is 0 Å². The summed E-state index contributed by atoms with van der Waals surface area (Å²) in [5.74, 6) is 2.99. The number of benzene rings is 2. The minimum atomic E-state index is 0.577. The Labute approximate surface area is 121 Å². The lowest BCUT2D eigenvalue weighted by Gasteiger charge is -2.08. The summed E-state index contributed by atoms with van der Waals surface area (Å²) in [5.41, 5.74) is 2.97. The van der Waals surface area contributed by atoms with E-state index >= 15 is 0 Å². The largest absolute Gasteiger partial charge is 0.457 e. The third kappa shape index (κ3) is 2.95. The molecule has 4 nitrogen and oxygen atoms in total. The average molecular weight is 286 g/mol. The molecule has 2 aromatic rings. The van der Waals surface area contributed by atoms with Crippen molar-refractivity contribution >= 4 is 23.3 Å². The van der Waals surface area contributed by atoms with E-state index in [9.17, 15) is 0 Å². The SMILES string of the molecule is ONC1=Nc2cc(Oc3ccccc3)ccc2SCC1. The number of hydroxylamine groups is 1. The molecule has 0 spiro atoms. The molecule has 0 aliphatic carbocycles. The average Bonchev–Trinajstić information content (AvgIpc) is 2.69. The van der Waals surface area contributed by atoms with Gasteiger partial charge < -0.3 is 4.74 Å². The van der Waals surface area contributed by atoms with Gasteiger partial charge in [-0.1, -0.05) is 18.2 Å². The molecule has 3 rings (SSSR count). The Morgan fingerprint density at radius 1 is 1.10 bits per heavy atom. The lowest BCUT2D eigenvalue weighted by molar-refractivity contribution is 0.232. The maximum Gasteiger partial charge on any atom is 0.129 e. The second kappa shape index (κ2) is 5.98. The minimum Gasteiger partial charge on any atom is -0.457 e. The van der Waals surface area contributed by atoms with Crippen LogP contribution in [0, 0.1) is 0 Å². The first-order valence-electron chi connectivity index (χ1n) is 6.32. The summed E-state index contributed by atoms with van der Waals surface area (Å²) in [6.07, 6.45) is 0.713. The van der Waals surface area contributed by atoms with Crippen LogP contribution in [0.5, 0.6) is 11.5 Å². The Morgan fingerprint density at radius 2 is 1.95 bits per heavy atom. The lowest BCUT2D eigenvalue weighted by Crippen LogP contribution is -2.18. The maximum absolute atomic E-state index is 9.02. The monoisotopic (exact) mass is 286 g/mol. The van der Waals surface area contributed by atoms with Gasteiger partial charge in [0.15, 0.2) is 0 Å². The minimum absolute atomic E-state index is 0.577. The van der Waals surface area contributed by atoms with Gasteiger partial charge in [-0.3, -0.25) is 10.7 Å². The van der Waals surface area contributed by atoms with E-state index in [1.54, 1.807) is 11.8 Å². The summed E-state index contributed by atoms with van der Waals surface area (Å²) < 4.78 is 5.79. The zero-order valence-electron chi connectivity index (χ0n) is 10.7. The predicted octanol–water partition coefficient (Wildman–Crippen LogP) is 3.98. The lowest BCUT2D eigenvalue weighted by atomic mass is 10.3. The molecule has 0 unspecified atom stereocenters. The summed E-state index contributed by atoms with van der Waals surface area (Å²) in [5, 5.41) is 9.02. The number of aliphatic imine (C=N–C) groups is 1. The molecular formula is C15H14N2O2S. The van der Waals surface area contributed by atoms with Crippen molar-refractivity contribution in [3.05, 3.63) is 48.5 Å². The van der Waals surface area contributed by atoms with Gasteiger partial charge in [0.1, 0.15) is 17.3 Å². The molecular weight excluding hydrogens is 272 g/mol. The summed E-state index contributed by atoms with van der Waals surface area (Å²) in [6, 6.07) is 15.5. The number of fused-ring (bicyclic) bond motifs is 1. The van der Waals surface area contributed by atoms with Crippen LogP contribution in [0.3, 0.4) is 0 Å². The fraction of sp³-hybridized carbons (Fsp3) is 0.133. The van der Waals surface area contributed by atoms with Crippen LogP contribution in [0.1, 0.15) is 6.42 Å². The highest BCUT2D eigenvalue weighted by atomic mass is 32.2. The third-order valence-corrected chi connectivity index (χ3v) is 3.95. The van der Waals surface area contributed by atoms with Crippen LogP contribution in [-0.4, -0.2) is 16.8 Å². The molecule has 0 fully saturated rings. The number of nitrogens with zero attached hydrogens (tertiary/aromatic N) is 1. The van der Waals surface area contributed by atoms with Crippen LogP contribution in [0.2, 0.25) is 0 Å². The first kappa shape index (κ1) is 13.0. The molecule has 1 aliphatic rings. The highest BCUT2D eigenvalue weighted by Crippen LogP contribution is 2.36. The van der Waals surface area contributed by atoms with E-state index in [2.05, 4.69) is 10.5 Å². The van der Waals surface area contributed by atoms with Crippen LogP contribution < -0.4 is 10.2 Å². The van der Waals surface area contributed by atoms with E-state index < -0.39 is 0 Å². The Kier molecular flexibility index (Phi) is 3.90. The second-order valence-corrected chi connectivity index (χ2v) is 5.45. The Hall–Kier alpha value is -1.98. The van der Waals surface area contributed by atoms with Crippen LogP contribution in [-0.2, 0) is 0 Å². The number of amidine groups is 1. The molecule has 0 saturated carbocycles. The van der Waals surface area contributed by atoms with Crippen molar-refractivity contribution in [1.29, 1.82) is 0 Å². The second-order valence-electron chi connectivity index (χ2n) is 4.31. The molecule has 102 valence electrons. The normalized spacial score (nSPS) is 13.9. The third-order valence-electron chi connectivity index (χ3n) is 2.89. The number of nitrogens with one attached hydrogen (secondary N) is 1. The molecule has 20 heavy (non-hydrogen) atoms. The molecule has 0 atom stereocenters. The van der Waals surface area contributed by atoms with Crippen LogP contribution in [0.4, 0.5) is 5.69 Å². The highest BCUT2D eigenvalue weighted by Gasteiger charge is 2.11. The summed E-state index contributed by atoms with van der Waals surface area (Å²) in [7, 11) is 0. The van der Waals surface area contributed by atoms with E-state index in [1.165, 1.54) is 0 Å². The molecule has 5 heteroatoms. The molecule has 0 aromatic heterocycles. The molecule has 0 bridgehead atoms. The number of hydrogen-bond donors (Lipinski definition) is 2. The van der Waals surface area contributed by atoms with E-state index in [0.29, 0.717) is 12.3 Å². The van der Waals surface area contributed by atoms with Crippen molar-refractivity contribution in [3.8, 4) is 11.5 Å². The summed E-state index contributed by atoms with van der Waals surface area (Å²) in [4.78, 5) is 5.51. The maximum atomic E-state index is 9.02. The van der Waals surface area contributed by atoms with Gasteiger partial charge in [-0.05, 0) is 24.3 Å². The molecule has 2 aromatic carbocycles. The van der Waals surface area contributed by atoms with Gasteiger partial charge in [0.05, 0.1) is 5.69 Å². The Balaban J connectivity index is 1.90. The van der Waals surface area contributed by atoms with Gasteiger partial charge in [-0.15, -0.1) is 11.8 Å². The quantitative estimate of drug-likeness (QED) is 0.820. The standard InChI is InChI=1S/C15H14N2O2S/c18-17-15-8-9-20-14-7-6-12(10-13(14)16-15)19-11-4-2-1-3-5-11/h1-7,10,18H,8-9H2,(H,16,17). The number of thioether (sulfide) groups is 1. The zero-order chi connectivity index (χ0) is 13.8. The fourth-order valence-electron chi connectivity index (χ4n) is 1.93. The topological polar surface area (TPSA) is 53.8 Å².